The van der Waals surface area contributed by atoms with Crippen LogP contribution >= 0.6 is 0 Å². The van der Waals surface area contributed by atoms with E-state index in [0.29, 0.717) is 36.1 Å². The first-order valence-corrected chi connectivity index (χ1v) is 13.3. The highest BCUT2D eigenvalue weighted by atomic mass is 16.6. The topological polar surface area (TPSA) is 111 Å². The number of anilines is 1. The Morgan fingerprint density at radius 1 is 1.16 bits per heavy atom. The summed E-state index contributed by atoms with van der Waals surface area (Å²) in [7, 11) is 0. The van der Waals surface area contributed by atoms with Crippen molar-refractivity contribution >= 4 is 23.5 Å². The van der Waals surface area contributed by atoms with Crippen LogP contribution in [0.2, 0.25) is 0 Å². The van der Waals surface area contributed by atoms with Crippen molar-refractivity contribution in [2.45, 2.75) is 84.0 Å². The summed E-state index contributed by atoms with van der Waals surface area (Å²) in [5, 5.41) is 0. The number of carbonyl (C=O) groups excluding carboxylic acids is 3. The molecule has 0 aliphatic carbocycles. The number of nitrogen functional groups attached to an aromatic ring is 1. The molecule has 4 rings (SSSR count). The fourth-order valence-electron chi connectivity index (χ4n) is 6.00. The number of nitrogens with two attached hydrogens (primary N) is 1. The second-order valence-corrected chi connectivity index (χ2v) is 12.3. The summed E-state index contributed by atoms with van der Waals surface area (Å²) in [4.78, 5) is 42.3. The van der Waals surface area contributed by atoms with E-state index in [-0.39, 0.29) is 18.5 Å². The van der Waals surface area contributed by atoms with Crippen LogP contribution < -0.4 is 10.5 Å². The molecule has 1 aromatic rings. The van der Waals surface area contributed by atoms with Gasteiger partial charge in [-0.3, -0.25) is 14.5 Å². The third-order valence-electron chi connectivity index (χ3n) is 7.47. The Bertz CT molecular complexity index is 1040. The second kappa shape index (κ2) is 10.2. The van der Waals surface area contributed by atoms with Crippen LogP contribution in [0.4, 0.5) is 5.69 Å². The van der Waals surface area contributed by atoms with Crippen LogP contribution in [-0.2, 0) is 19.1 Å². The molecule has 1 spiro atoms. The minimum Gasteiger partial charge on any atom is -0.482 e. The lowest BCUT2D eigenvalue weighted by atomic mass is 9.74. The predicted octanol–water partition coefficient (Wildman–Crippen LogP) is 3.40. The zero-order valence-electron chi connectivity index (χ0n) is 22.8. The van der Waals surface area contributed by atoms with Crippen LogP contribution in [0, 0.1) is 5.41 Å². The number of hydrogen-bond acceptors (Lipinski definition) is 8. The van der Waals surface area contributed by atoms with Gasteiger partial charge in [0, 0.05) is 37.8 Å². The Kier molecular flexibility index (Phi) is 7.48. The van der Waals surface area contributed by atoms with Gasteiger partial charge in [-0.2, -0.15) is 0 Å². The number of benzene rings is 1. The lowest BCUT2D eigenvalue weighted by Gasteiger charge is -2.44. The van der Waals surface area contributed by atoms with E-state index in [1.54, 1.807) is 39.0 Å². The lowest BCUT2D eigenvalue weighted by molar-refractivity contribution is -0.157. The van der Waals surface area contributed by atoms with Gasteiger partial charge in [-0.15, -0.1) is 0 Å². The van der Waals surface area contributed by atoms with E-state index in [1.807, 2.05) is 18.7 Å². The standard InChI is InChI=1S/C28H41N3O6/c1-26(2,3)36-23(32)16-35-20-7-8-22(29)21(15-20)24(33)30-13-9-19(10-14-30)31-12-6-11-28(18-31)17-27(4,5)37-25(28)34/h7-8,15,19H,6,9-14,16-18,29H2,1-5H3. The summed E-state index contributed by atoms with van der Waals surface area (Å²) in [6.45, 7) is 12.1. The highest BCUT2D eigenvalue weighted by Crippen LogP contribution is 2.46. The molecule has 1 amide bonds. The van der Waals surface area contributed by atoms with Crippen LogP contribution in [0.3, 0.4) is 0 Å². The monoisotopic (exact) mass is 515 g/mol. The molecule has 0 saturated carbocycles. The molecular formula is C28H41N3O6. The van der Waals surface area contributed by atoms with Crippen LogP contribution in [0.1, 0.15) is 77.1 Å². The molecule has 3 fully saturated rings. The molecule has 0 aromatic heterocycles. The highest BCUT2D eigenvalue weighted by Gasteiger charge is 2.54. The van der Waals surface area contributed by atoms with Gasteiger partial charge in [0.2, 0.25) is 0 Å². The van der Waals surface area contributed by atoms with Crippen LogP contribution in [0.5, 0.6) is 5.75 Å². The molecule has 3 aliphatic rings. The molecule has 3 heterocycles. The van der Waals surface area contributed by atoms with Gasteiger partial charge in [0.1, 0.15) is 17.0 Å². The number of nitrogens with zero attached hydrogens (tertiary/aromatic N) is 2. The van der Waals surface area contributed by atoms with Gasteiger partial charge in [-0.25, -0.2) is 4.79 Å². The second-order valence-electron chi connectivity index (χ2n) is 12.3. The average Bonchev–Trinajstić information content (AvgIpc) is 3.03. The molecule has 1 aromatic carbocycles. The number of hydrogen-bond donors (Lipinski definition) is 1. The number of carbonyl (C=O) groups is 3. The van der Waals surface area contributed by atoms with Crippen LogP contribution in [0.25, 0.3) is 0 Å². The number of cyclic esters (lactones) is 1. The number of ether oxygens (including phenoxy) is 3. The Hall–Kier alpha value is -2.81. The number of piperidine rings is 2. The minimum absolute atomic E-state index is 0.0564. The molecule has 1 unspecified atom stereocenters. The van der Waals surface area contributed by atoms with Gasteiger partial charge in [0.05, 0.1) is 11.0 Å². The maximum Gasteiger partial charge on any atom is 0.344 e. The molecule has 0 bridgehead atoms. The molecule has 37 heavy (non-hydrogen) atoms. The summed E-state index contributed by atoms with van der Waals surface area (Å²) >= 11 is 0. The first-order valence-electron chi connectivity index (χ1n) is 13.3. The molecule has 9 heteroatoms. The first kappa shape index (κ1) is 27.2. The number of rotatable bonds is 5. The van der Waals surface area contributed by atoms with Gasteiger partial charge in [-0.05, 0) is 85.0 Å². The zero-order valence-corrected chi connectivity index (χ0v) is 22.8. The van der Waals surface area contributed by atoms with Crippen molar-refractivity contribution in [1.29, 1.82) is 0 Å². The predicted molar refractivity (Wildman–Crippen MR) is 139 cm³/mol. The van der Waals surface area contributed by atoms with Gasteiger partial charge in [-0.1, -0.05) is 0 Å². The summed E-state index contributed by atoms with van der Waals surface area (Å²) in [6, 6.07) is 5.19. The fraction of sp³-hybridized carbons (Fsp3) is 0.679. The van der Waals surface area contributed by atoms with Gasteiger partial charge in [0.15, 0.2) is 6.61 Å². The summed E-state index contributed by atoms with van der Waals surface area (Å²) < 4.78 is 16.5. The number of likely N-dealkylation sites (tertiary alicyclic amines) is 2. The molecule has 9 nitrogen and oxygen atoms in total. The van der Waals surface area contributed by atoms with Crippen molar-refractivity contribution in [3.8, 4) is 5.75 Å². The van der Waals surface area contributed by atoms with E-state index in [2.05, 4.69) is 4.90 Å². The van der Waals surface area contributed by atoms with E-state index < -0.39 is 22.6 Å². The lowest BCUT2D eigenvalue weighted by Crippen LogP contribution is -2.53. The Morgan fingerprint density at radius 2 is 1.86 bits per heavy atom. The molecule has 3 saturated heterocycles. The van der Waals surface area contributed by atoms with Gasteiger partial charge < -0.3 is 24.8 Å². The Morgan fingerprint density at radius 3 is 2.49 bits per heavy atom. The Labute approximate surface area is 219 Å². The Balaban J connectivity index is 1.34. The third kappa shape index (κ3) is 6.37. The fourth-order valence-corrected chi connectivity index (χ4v) is 6.00. The first-order chi connectivity index (χ1) is 17.3. The quantitative estimate of drug-likeness (QED) is 0.469. The number of amides is 1. The van der Waals surface area contributed by atoms with E-state index in [1.165, 1.54) is 0 Å². The van der Waals surface area contributed by atoms with Gasteiger partial charge in [0.25, 0.3) is 5.91 Å². The normalized spacial score (nSPS) is 24.7. The molecule has 204 valence electrons. The van der Waals surface area contributed by atoms with Crippen molar-refractivity contribution in [3.05, 3.63) is 23.8 Å². The summed E-state index contributed by atoms with van der Waals surface area (Å²) in [5.41, 5.74) is 5.48. The smallest absolute Gasteiger partial charge is 0.344 e. The van der Waals surface area contributed by atoms with E-state index >= 15 is 0 Å². The van der Waals surface area contributed by atoms with Crippen molar-refractivity contribution in [2.24, 2.45) is 5.41 Å². The third-order valence-corrected chi connectivity index (χ3v) is 7.47. The van der Waals surface area contributed by atoms with Crippen LogP contribution in [0.15, 0.2) is 18.2 Å². The summed E-state index contributed by atoms with van der Waals surface area (Å²) in [5.74, 6) is -0.287. The van der Waals surface area contributed by atoms with E-state index in [4.69, 9.17) is 19.9 Å². The zero-order chi connectivity index (χ0) is 27.0. The maximum absolute atomic E-state index is 13.3. The molecule has 1 atom stereocenters. The SMILES string of the molecule is CC(C)(C)OC(=O)COc1ccc(N)c(C(=O)N2CCC(N3CCCC4(C3)CC(C)(C)OC4=O)CC2)c1. The molecular weight excluding hydrogens is 474 g/mol. The van der Waals surface area contributed by atoms with Crippen molar-refractivity contribution in [3.63, 3.8) is 0 Å². The largest absolute Gasteiger partial charge is 0.482 e. The number of esters is 2. The average molecular weight is 516 g/mol. The molecule has 3 aliphatic heterocycles. The maximum atomic E-state index is 13.3. The molecule has 0 radical (unpaired) electrons. The van der Waals surface area contributed by atoms with Crippen molar-refractivity contribution in [1.82, 2.24) is 9.80 Å². The van der Waals surface area contributed by atoms with Crippen LogP contribution in [-0.4, -0.2) is 77.7 Å². The van der Waals surface area contributed by atoms with E-state index in [0.717, 1.165) is 45.2 Å². The molecule has 2 N–H and O–H groups in total. The summed E-state index contributed by atoms with van der Waals surface area (Å²) in [6.07, 6.45) is 4.31. The highest BCUT2D eigenvalue weighted by molar-refractivity contribution is 5.99. The van der Waals surface area contributed by atoms with Crippen molar-refractivity contribution in [2.75, 3.05) is 38.5 Å². The minimum atomic E-state index is -0.597. The van der Waals surface area contributed by atoms with Crippen molar-refractivity contribution < 1.29 is 28.6 Å². The van der Waals surface area contributed by atoms with E-state index in [9.17, 15) is 14.4 Å². The van der Waals surface area contributed by atoms with Gasteiger partial charge >= 0.3 is 11.9 Å².